The zero-order valence-electron chi connectivity index (χ0n) is 5.16. The fraction of sp³-hybridized carbons (Fsp3) is 0. The molecule has 0 saturated carbocycles. The van der Waals surface area contributed by atoms with E-state index in [4.69, 9.17) is 0 Å². The van der Waals surface area contributed by atoms with Gasteiger partial charge in [-0.25, -0.2) is 4.39 Å². The minimum atomic E-state index is -4.97. The van der Waals surface area contributed by atoms with Gasteiger partial charge in [0.05, 0.1) is 6.20 Å². The fourth-order valence-electron chi connectivity index (χ4n) is 0.542. The van der Waals surface area contributed by atoms with E-state index in [-0.39, 0.29) is 0 Å². The van der Waals surface area contributed by atoms with Crippen LogP contribution in [-0.2, 0) is 10.2 Å². The third-order valence-corrected chi connectivity index (χ3v) is 1.82. The third kappa shape index (κ3) is 1.70. The second-order valence-corrected chi connectivity index (χ2v) is 3.06. The summed E-state index contributed by atoms with van der Waals surface area (Å²) in [7, 11) is -4.97. The summed E-state index contributed by atoms with van der Waals surface area (Å²) in [6.45, 7) is 0. The number of aromatic nitrogens is 1. The standard InChI is InChI=1S/C5H3F2NO2S/c6-4-1-2-8-3-5(4)11(7,9)10/h1-3H. The van der Waals surface area contributed by atoms with Crippen LogP contribution in [0.5, 0.6) is 0 Å². The van der Waals surface area contributed by atoms with Gasteiger partial charge in [0.15, 0.2) is 4.90 Å². The lowest BCUT2D eigenvalue weighted by atomic mass is 10.5. The van der Waals surface area contributed by atoms with E-state index in [9.17, 15) is 16.7 Å². The summed E-state index contributed by atoms with van der Waals surface area (Å²) in [6, 6.07) is 0.770. The highest BCUT2D eigenvalue weighted by molar-refractivity contribution is 7.86. The molecule has 1 heterocycles. The second-order valence-electron chi connectivity index (χ2n) is 1.74. The average molecular weight is 179 g/mol. The molecule has 0 aliphatic heterocycles. The van der Waals surface area contributed by atoms with E-state index in [1.165, 1.54) is 0 Å². The van der Waals surface area contributed by atoms with Crippen molar-refractivity contribution in [2.75, 3.05) is 0 Å². The molecule has 0 fully saturated rings. The van der Waals surface area contributed by atoms with Gasteiger partial charge >= 0.3 is 10.2 Å². The third-order valence-electron chi connectivity index (χ3n) is 0.997. The molecule has 3 nitrogen and oxygen atoms in total. The zero-order valence-corrected chi connectivity index (χ0v) is 5.98. The van der Waals surface area contributed by atoms with Crippen LogP contribution in [0, 0.1) is 5.82 Å². The maximum absolute atomic E-state index is 12.4. The van der Waals surface area contributed by atoms with Crippen LogP contribution in [0.2, 0.25) is 0 Å². The maximum Gasteiger partial charge on any atom is 0.336 e. The molecule has 1 rings (SSSR count). The highest BCUT2D eigenvalue weighted by Gasteiger charge is 2.16. The van der Waals surface area contributed by atoms with Gasteiger partial charge in [-0.15, -0.1) is 3.89 Å². The monoisotopic (exact) mass is 179 g/mol. The first-order valence-corrected chi connectivity index (χ1v) is 3.94. The van der Waals surface area contributed by atoms with Crippen LogP contribution >= 0.6 is 0 Å². The zero-order chi connectivity index (χ0) is 8.48. The Morgan fingerprint density at radius 1 is 1.45 bits per heavy atom. The molecule has 0 aliphatic carbocycles. The summed E-state index contributed by atoms with van der Waals surface area (Å²) < 4.78 is 44.7. The van der Waals surface area contributed by atoms with E-state index in [0.29, 0.717) is 6.20 Å². The summed E-state index contributed by atoms with van der Waals surface area (Å²) in [5.41, 5.74) is 0. The van der Waals surface area contributed by atoms with Crippen LogP contribution in [0.25, 0.3) is 0 Å². The molecule has 6 heteroatoms. The highest BCUT2D eigenvalue weighted by atomic mass is 32.3. The number of pyridine rings is 1. The van der Waals surface area contributed by atoms with Crippen molar-refractivity contribution >= 4 is 10.2 Å². The van der Waals surface area contributed by atoms with Gasteiger partial charge < -0.3 is 0 Å². The van der Waals surface area contributed by atoms with Crippen molar-refractivity contribution < 1.29 is 16.7 Å². The molecule has 0 aliphatic rings. The SMILES string of the molecule is O=S(=O)(F)c1cnccc1F. The van der Waals surface area contributed by atoms with Crippen molar-refractivity contribution in [1.82, 2.24) is 4.98 Å². The van der Waals surface area contributed by atoms with E-state index in [1.807, 2.05) is 0 Å². The molecule has 11 heavy (non-hydrogen) atoms. The summed E-state index contributed by atoms with van der Waals surface area (Å²) in [5, 5.41) is 0. The smallest absolute Gasteiger partial charge is 0.263 e. The van der Waals surface area contributed by atoms with Gasteiger partial charge in [-0.05, 0) is 6.07 Å². The Balaban J connectivity index is 3.37. The molecule has 60 valence electrons. The molecule has 0 bridgehead atoms. The number of nitrogens with zero attached hydrogens (tertiary/aromatic N) is 1. The predicted octanol–water partition coefficient (Wildman–Crippen LogP) is 0.879. The van der Waals surface area contributed by atoms with Crippen LogP contribution in [0.1, 0.15) is 0 Å². The molecule has 0 unspecified atom stereocenters. The molecular formula is C5H3F2NO2S. The molecular weight excluding hydrogens is 176 g/mol. The van der Waals surface area contributed by atoms with Gasteiger partial charge in [0, 0.05) is 6.20 Å². The van der Waals surface area contributed by atoms with E-state index < -0.39 is 20.9 Å². The molecule has 0 atom stereocenters. The highest BCUT2D eigenvalue weighted by Crippen LogP contribution is 2.13. The van der Waals surface area contributed by atoms with Crippen LogP contribution in [0.15, 0.2) is 23.4 Å². The van der Waals surface area contributed by atoms with E-state index in [2.05, 4.69) is 4.98 Å². The van der Waals surface area contributed by atoms with Gasteiger partial charge in [-0.2, -0.15) is 8.42 Å². The van der Waals surface area contributed by atoms with Gasteiger partial charge in [-0.3, -0.25) is 4.98 Å². The Labute approximate surface area is 61.9 Å². The predicted molar refractivity (Wildman–Crippen MR) is 32.5 cm³/mol. The van der Waals surface area contributed by atoms with Gasteiger partial charge in [-0.1, -0.05) is 0 Å². The van der Waals surface area contributed by atoms with Crippen molar-refractivity contribution in [2.24, 2.45) is 0 Å². The normalized spacial score (nSPS) is 11.5. The topological polar surface area (TPSA) is 47.0 Å². The lowest BCUT2D eigenvalue weighted by molar-refractivity contribution is 0.532. The number of halogens is 2. The van der Waals surface area contributed by atoms with E-state index in [0.717, 1.165) is 12.3 Å². The average Bonchev–Trinajstić information content (AvgIpc) is 1.86. The molecule has 0 radical (unpaired) electrons. The van der Waals surface area contributed by atoms with Crippen molar-refractivity contribution in [3.8, 4) is 0 Å². The van der Waals surface area contributed by atoms with Gasteiger partial charge in [0.1, 0.15) is 5.82 Å². The molecule has 0 saturated heterocycles. The van der Waals surface area contributed by atoms with Gasteiger partial charge in [0.2, 0.25) is 0 Å². The Morgan fingerprint density at radius 3 is 2.45 bits per heavy atom. The minimum Gasteiger partial charge on any atom is -0.263 e. The molecule has 1 aromatic rings. The van der Waals surface area contributed by atoms with E-state index >= 15 is 0 Å². The van der Waals surface area contributed by atoms with Crippen LogP contribution in [-0.4, -0.2) is 13.4 Å². The number of hydrogen-bond acceptors (Lipinski definition) is 3. The molecule has 0 aromatic carbocycles. The van der Waals surface area contributed by atoms with Crippen molar-refractivity contribution in [3.63, 3.8) is 0 Å². The second kappa shape index (κ2) is 2.54. The van der Waals surface area contributed by atoms with Crippen molar-refractivity contribution in [2.45, 2.75) is 4.90 Å². The summed E-state index contributed by atoms with van der Waals surface area (Å²) in [5.74, 6) is -1.14. The van der Waals surface area contributed by atoms with Crippen LogP contribution in [0.3, 0.4) is 0 Å². The number of rotatable bonds is 1. The van der Waals surface area contributed by atoms with Crippen LogP contribution < -0.4 is 0 Å². The Hall–Kier alpha value is -1.04. The maximum atomic E-state index is 12.4. The minimum absolute atomic E-state index is 0.616. The Morgan fingerprint density at radius 2 is 2.09 bits per heavy atom. The first-order chi connectivity index (χ1) is 5.02. The first kappa shape index (κ1) is 8.06. The largest absolute Gasteiger partial charge is 0.336 e. The first-order valence-electron chi connectivity index (χ1n) is 2.56. The Bertz CT molecular complexity index is 363. The lowest BCUT2D eigenvalue weighted by Crippen LogP contribution is -1.96. The molecule has 0 N–H and O–H groups in total. The summed E-state index contributed by atoms with van der Waals surface area (Å²) in [6.07, 6.45) is 1.65. The van der Waals surface area contributed by atoms with Gasteiger partial charge in [0.25, 0.3) is 0 Å². The fourth-order valence-corrected chi connectivity index (χ4v) is 1.03. The Kier molecular flexibility index (Phi) is 1.86. The summed E-state index contributed by atoms with van der Waals surface area (Å²) >= 11 is 0. The molecule has 1 aromatic heterocycles. The summed E-state index contributed by atoms with van der Waals surface area (Å²) in [4.78, 5) is 2.23. The number of hydrogen-bond donors (Lipinski definition) is 0. The lowest BCUT2D eigenvalue weighted by Gasteiger charge is -1.93. The van der Waals surface area contributed by atoms with Crippen molar-refractivity contribution in [1.29, 1.82) is 0 Å². The molecule has 0 spiro atoms. The van der Waals surface area contributed by atoms with Crippen LogP contribution in [0.4, 0.5) is 8.28 Å². The quantitative estimate of drug-likeness (QED) is 0.601. The van der Waals surface area contributed by atoms with Crippen molar-refractivity contribution in [3.05, 3.63) is 24.3 Å². The molecule has 0 amide bonds. The van der Waals surface area contributed by atoms with E-state index in [1.54, 1.807) is 0 Å².